The van der Waals surface area contributed by atoms with E-state index in [1.165, 1.54) is 0 Å². The van der Waals surface area contributed by atoms with Gasteiger partial charge in [-0.1, -0.05) is 0 Å². The predicted octanol–water partition coefficient (Wildman–Crippen LogP) is 1.33. The second-order valence-electron chi connectivity index (χ2n) is 5.25. The molecule has 116 valence electrons. The van der Waals surface area contributed by atoms with Crippen molar-refractivity contribution in [2.45, 2.75) is 38.9 Å². The van der Waals surface area contributed by atoms with Crippen molar-refractivity contribution >= 4 is 11.9 Å². The Morgan fingerprint density at radius 2 is 2.19 bits per heavy atom. The molecule has 1 aromatic rings. The lowest BCUT2D eigenvalue weighted by Gasteiger charge is -2.31. The molecule has 0 amide bonds. The predicted molar refractivity (Wildman–Crippen MR) is 76.6 cm³/mol. The normalized spacial score (nSPS) is 16.2. The highest BCUT2D eigenvalue weighted by molar-refractivity contribution is 5.68. The largest absolute Gasteiger partial charge is 0.480 e. The number of anilines is 1. The van der Waals surface area contributed by atoms with Crippen LogP contribution in [-0.4, -0.2) is 52.9 Å². The van der Waals surface area contributed by atoms with Gasteiger partial charge >= 0.3 is 5.97 Å². The van der Waals surface area contributed by atoms with Crippen molar-refractivity contribution < 1.29 is 19.4 Å². The average molecular weight is 295 g/mol. The van der Waals surface area contributed by atoms with E-state index in [1.807, 2.05) is 13.8 Å². The Morgan fingerprint density at radius 1 is 1.48 bits per heavy atom. The summed E-state index contributed by atoms with van der Waals surface area (Å²) >= 11 is 0. The van der Waals surface area contributed by atoms with Crippen molar-refractivity contribution in [1.29, 1.82) is 0 Å². The zero-order chi connectivity index (χ0) is 15.2. The van der Waals surface area contributed by atoms with E-state index in [9.17, 15) is 4.79 Å². The number of aliphatic carboxylic acids is 1. The number of rotatable bonds is 6. The van der Waals surface area contributed by atoms with Crippen LogP contribution in [0.4, 0.5) is 5.95 Å². The Kier molecular flexibility index (Phi) is 5.32. The van der Waals surface area contributed by atoms with E-state index < -0.39 is 5.97 Å². The summed E-state index contributed by atoms with van der Waals surface area (Å²) in [6.45, 7) is 5.16. The van der Waals surface area contributed by atoms with E-state index in [0.29, 0.717) is 11.8 Å². The molecule has 1 aromatic heterocycles. The van der Waals surface area contributed by atoms with Gasteiger partial charge in [-0.25, -0.2) is 9.78 Å². The van der Waals surface area contributed by atoms with Crippen LogP contribution in [0.3, 0.4) is 0 Å². The number of carbonyl (C=O) groups is 1. The number of piperidine rings is 1. The quantitative estimate of drug-likeness (QED) is 0.847. The van der Waals surface area contributed by atoms with Crippen molar-refractivity contribution in [3.05, 3.63) is 12.3 Å². The van der Waals surface area contributed by atoms with Crippen LogP contribution in [0.2, 0.25) is 0 Å². The molecular formula is C14H21N3O4. The maximum absolute atomic E-state index is 10.5. The number of carboxylic acid groups (broad SMARTS) is 1. The third-order valence-electron chi connectivity index (χ3n) is 3.14. The molecule has 0 saturated carbocycles. The summed E-state index contributed by atoms with van der Waals surface area (Å²) in [6, 6.07) is 1.74. The van der Waals surface area contributed by atoms with Crippen molar-refractivity contribution in [2.75, 3.05) is 24.6 Å². The standard InChI is InChI=1S/C14H21N3O4/c1-10(2)21-12-3-6-15-14(16-12)17-7-4-11(5-8-17)20-9-13(18)19/h3,6,10-11H,4-5,7-9H2,1-2H3,(H,18,19). The molecule has 0 aromatic carbocycles. The van der Waals surface area contributed by atoms with Crippen LogP contribution in [0.25, 0.3) is 0 Å². The third-order valence-corrected chi connectivity index (χ3v) is 3.14. The van der Waals surface area contributed by atoms with Crippen molar-refractivity contribution in [3.63, 3.8) is 0 Å². The lowest BCUT2D eigenvalue weighted by atomic mass is 10.1. The Morgan fingerprint density at radius 3 is 2.81 bits per heavy atom. The van der Waals surface area contributed by atoms with Gasteiger partial charge in [-0.2, -0.15) is 4.98 Å². The molecule has 0 unspecified atom stereocenters. The van der Waals surface area contributed by atoms with Crippen LogP contribution < -0.4 is 9.64 Å². The summed E-state index contributed by atoms with van der Waals surface area (Å²) in [5.41, 5.74) is 0. The molecule has 7 heteroatoms. The number of hydrogen-bond donors (Lipinski definition) is 1. The van der Waals surface area contributed by atoms with E-state index in [4.69, 9.17) is 14.6 Å². The second-order valence-corrected chi connectivity index (χ2v) is 5.25. The molecule has 0 radical (unpaired) electrons. The molecule has 1 fully saturated rings. The summed E-state index contributed by atoms with van der Waals surface area (Å²) in [5.74, 6) is 0.281. The molecule has 0 spiro atoms. The molecule has 1 aliphatic heterocycles. The van der Waals surface area contributed by atoms with Crippen LogP contribution in [0.5, 0.6) is 5.88 Å². The van der Waals surface area contributed by atoms with E-state index in [2.05, 4.69) is 14.9 Å². The minimum absolute atomic E-state index is 0.00699. The fourth-order valence-electron chi connectivity index (χ4n) is 2.20. The monoisotopic (exact) mass is 295 g/mol. The highest BCUT2D eigenvalue weighted by Gasteiger charge is 2.22. The zero-order valence-corrected chi connectivity index (χ0v) is 12.4. The Labute approximate surface area is 123 Å². The topological polar surface area (TPSA) is 84.8 Å². The lowest BCUT2D eigenvalue weighted by Crippen LogP contribution is -2.38. The van der Waals surface area contributed by atoms with Crippen molar-refractivity contribution in [3.8, 4) is 5.88 Å². The number of nitrogens with zero attached hydrogens (tertiary/aromatic N) is 3. The van der Waals surface area contributed by atoms with E-state index in [0.717, 1.165) is 25.9 Å². The van der Waals surface area contributed by atoms with Gasteiger partial charge in [-0.15, -0.1) is 0 Å². The third kappa shape index (κ3) is 4.86. The van der Waals surface area contributed by atoms with E-state index in [-0.39, 0.29) is 18.8 Å². The molecule has 1 N–H and O–H groups in total. The van der Waals surface area contributed by atoms with E-state index >= 15 is 0 Å². The van der Waals surface area contributed by atoms with Crippen LogP contribution in [0.1, 0.15) is 26.7 Å². The number of hydrogen-bond acceptors (Lipinski definition) is 6. The maximum Gasteiger partial charge on any atom is 0.329 e. The molecule has 0 atom stereocenters. The van der Waals surface area contributed by atoms with E-state index in [1.54, 1.807) is 12.3 Å². The summed E-state index contributed by atoms with van der Waals surface area (Å²) in [6.07, 6.45) is 3.29. The summed E-state index contributed by atoms with van der Waals surface area (Å²) in [4.78, 5) is 21.2. The number of carboxylic acids is 1. The Bertz CT molecular complexity index is 473. The molecule has 2 heterocycles. The van der Waals surface area contributed by atoms with Gasteiger partial charge in [0.1, 0.15) is 6.61 Å². The molecular weight excluding hydrogens is 274 g/mol. The van der Waals surface area contributed by atoms with Crippen LogP contribution in [0, 0.1) is 0 Å². The van der Waals surface area contributed by atoms with Gasteiger partial charge in [0.25, 0.3) is 0 Å². The lowest BCUT2D eigenvalue weighted by molar-refractivity contribution is -0.144. The van der Waals surface area contributed by atoms with Gasteiger partial charge in [-0.05, 0) is 26.7 Å². The fraction of sp³-hybridized carbons (Fsp3) is 0.643. The first-order valence-electron chi connectivity index (χ1n) is 7.12. The van der Waals surface area contributed by atoms with Crippen LogP contribution >= 0.6 is 0 Å². The molecule has 7 nitrogen and oxygen atoms in total. The van der Waals surface area contributed by atoms with Gasteiger partial charge in [-0.3, -0.25) is 0 Å². The highest BCUT2D eigenvalue weighted by Crippen LogP contribution is 2.20. The Hall–Kier alpha value is -1.89. The summed E-state index contributed by atoms with van der Waals surface area (Å²) in [7, 11) is 0. The fourth-order valence-corrected chi connectivity index (χ4v) is 2.20. The first-order chi connectivity index (χ1) is 10.0. The van der Waals surface area contributed by atoms with Crippen LogP contribution in [0.15, 0.2) is 12.3 Å². The highest BCUT2D eigenvalue weighted by atomic mass is 16.5. The molecule has 0 aliphatic carbocycles. The van der Waals surface area contributed by atoms with Gasteiger partial charge in [0.05, 0.1) is 12.2 Å². The molecule has 21 heavy (non-hydrogen) atoms. The zero-order valence-electron chi connectivity index (χ0n) is 12.4. The molecule has 1 aliphatic rings. The maximum atomic E-state index is 10.5. The minimum Gasteiger partial charge on any atom is -0.480 e. The van der Waals surface area contributed by atoms with Gasteiger partial charge in [0.2, 0.25) is 11.8 Å². The summed E-state index contributed by atoms with van der Waals surface area (Å²) < 4.78 is 10.9. The first kappa shape index (κ1) is 15.5. The average Bonchev–Trinajstić information content (AvgIpc) is 2.45. The van der Waals surface area contributed by atoms with Crippen molar-refractivity contribution in [2.24, 2.45) is 0 Å². The Balaban J connectivity index is 1.88. The first-order valence-corrected chi connectivity index (χ1v) is 7.12. The van der Waals surface area contributed by atoms with Gasteiger partial charge in [0.15, 0.2) is 0 Å². The molecule has 2 rings (SSSR count). The summed E-state index contributed by atoms with van der Waals surface area (Å²) in [5, 5.41) is 8.61. The van der Waals surface area contributed by atoms with Gasteiger partial charge < -0.3 is 19.5 Å². The second kappa shape index (κ2) is 7.21. The number of ether oxygens (including phenoxy) is 2. The van der Waals surface area contributed by atoms with Crippen molar-refractivity contribution in [1.82, 2.24) is 9.97 Å². The SMILES string of the molecule is CC(C)Oc1ccnc(N2CCC(OCC(=O)O)CC2)n1. The molecule has 0 bridgehead atoms. The number of aromatic nitrogens is 2. The van der Waals surface area contributed by atoms with Gasteiger partial charge in [0, 0.05) is 25.4 Å². The smallest absolute Gasteiger partial charge is 0.329 e. The van der Waals surface area contributed by atoms with Crippen LogP contribution in [-0.2, 0) is 9.53 Å². The minimum atomic E-state index is -0.931. The molecule has 1 saturated heterocycles.